The van der Waals surface area contributed by atoms with Gasteiger partial charge in [-0.25, -0.2) is 23.1 Å². The lowest BCUT2D eigenvalue weighted by molar-refractivity contribution is -0.136. The summed E-state index contributed by atoms with van der Waals surface area (Å²) in [5.74, 6) is 0.885. The van der Waals surface area contributed by atoms with Crippen LogP contribution in [0.15, 0.2) is 30.3 Å². The predicted molar refractivity (Wildman–Crippen MR) is 144 cm³/mol. The van der Waals surface area contributed by atoms with Gasteiger partial charge in [-0.3, -0.25) is 4.79 Å². The van der Waals surface area contributed by atoms with E-state index in [9.17, 15) is 18.0 Å². The van der Waals surface area contributed by atoms with E-state index in [1.807, 2.05) is 17.0 Å². The van der Waals surface area contributed by atoms with E-state index in [-0.39, 0.29) is 23.4 Å². The van der Waals surface area contributed by atoms with E-state index in [1.54, 1.807) is 13.8 Å². The number of nitrogens with zero attached hydrogens (tertiary/aromatic N) is 4. The number of rotatable bonds is 5. The lowest BCUT2D eigenvalue weighted by Gasteiger charge is -2.42. The number of anilines is 2. The van der Waals surface area contributed by atoms with Crippen LogP contribution in [0.25, 0.3) is 10.9 Å². The molecule has 11 heteroatoms. The molecule has 40 heavy (non-hydrogen) atoms. The highest BCUT2D eigenvalue weighted by Gasteiger charge is 2.36. The Hall–Kier alpha value is -3.60. The SMILES string of the molecule is Cc1nc(N[C@H](C)c2cccc(C(F)F)c2F)c2cc3c(cc2n1)OCC[C@H]1CN(C(=O)[C@@H]2CCOC2)CCN31. The Morgan fingerprint density at radius 3 is 2.73 bits per heavy atom. The van der Waals surface area contributed by atoms with Gasteiger partial charge in [0.1, 0.15) is 23.2 Å². The summed E-state index contributed by atoms with van der Waals surface area (Å²) in [4.78, 5) is 26.5. The van der Waals surface area contributed by atoms with Gasteiger partial charge in [-0.1, -0.05) is 18.2 Å². The molecule has 0 unspecified atom stereocenters. The van der Waals surface area contributed by atoms with Gasteiger partial charge < -0.3 is 24.6 Å². The zero-order valence-electron chi connectivity index (χ0n) is 22.5. The van der Waals surface area contributed by atoms with Crippen molar-refractivity contribution in [1.29, 1.82) is 0 Å². The molecule has 1 aromatic heterocycles. The first-order valence-corrected chi connectivity index (χ1v) is 13.7. The zero-order valence-corrected chi connectivity index (χ0v) is 22.5. The van der Waals surface area contributed by atoms with Gasteiger partial charge in [0.05, 0.1) is 48.0 Å². The molecule has 0 saturated carbocycles. The van der Waals surface area contributed by atoms with Gasteiger partial charge in [-0.2, -0.15) is 0 Å². The van der Waals surface area contributed by atoms with Crippen molar-refractivity contribution in [2.75, 3.05) is 49.7 Å². The molecule has 0 radical (unpaired) electrons. The normalized spacial score (nSPS) is 21.6. The second-order valence-corrected chi connectivity index (χ2v) is 10.7. The average molecular weight is 556 g/mol. The summed E-state index contributed by atoms with van der Waals surface area (Å²) in [6.07, 6.45) is -1.37. The molecule has 2 fully saturated rings. The largest absolute Gasteiger partial charge is 0.491 e. The number of aryl methyl sites for hydroxylation is 1. The Morgan fingerprint density at radius 2 is 1.95 bits per heavy atom. The maximum Gasteiger partial charge on any atom is 0.266 e. The fourth-order valence-corrected chi connectivity index (χ4v) is 5.98. The van der Waals surface area contributed by atoms with Crippen LogP contribution in [0, 0.1) is 18.7 Å². The molecule has 0 aliphatic carbocycles. The highest BCUT2D eigenvalue weighted by atomic mass is 19.3. The molecule has 212 valence electrons. The van der Waals surface area contributed by atoms with Crippen LogP contribution < -0.4 is 15.0 Å². The fourth-order valence-electron chi connectivity index (χ4n) is 5.98. The number of nitrogens with one attached hydrogen (secondary N) is 1. The molecule has 2 saturated heterocycles. The number of hydrogen-bond donors (Lipinski definition) is 1. The smallest absolute Gasteiger partial charge is 0.266 e. The monoisotopic (exact) mass is 555 g/mol. The van der Waals surface area contributed by atoms with Crippen LogP contribution in [0.4, 0.5) is 24.7 Å². The summed E-state index contributed by atoms with van der Waals surface area (Å²) in [6.45, 7) is 6.99. The lowest BCUT2D eigenvalue weighted by Crippen LogP contribution is -2.56. The van der Waals surface area contributed by atoms with Gasteiger partial charge in [-0.15, -0.1) is 0 Å². The third-order valence-corrected chi connectivity index (χ3v) is 8.09. The molecule has 4 heterocycles. The van der Waals surface area contributed by atoms with E-state index in [0.717, 1.165) is 24.6 Å². The van der Waals surface area contributed by atoms with E-state index in [1.165, 1.54) is 12.1 Å². The molecule has 0 bridgehead atoms. The number of fused-ring (bicyclic) bond motifs is 4. The number of piperazine rings is 1. The first-order chi connectivity index (χ1) is 19.3. The van der Waals surface area contributed by atoms with Crippen molar-refractivity contribution in [1.82, 2.24) is 14.9 Å². The zero-order chi connectivity index (χ0) is 28.0. The number of halogens is 3. The molecule has 1 amide bonds. The highest BCUT2D eigenvalue weighted by Crippen LogP contribution is 2.40. The Balaban J connectivity index is 1.31. The number of alkyl halides is 2. The van der Waals surface area contributed by atoms with Crippen LogP contribution >= 0.6 is 0 Å². The van der Waals surface area contributed by atoms with Gasteiger partial charge in [-0.05, 0) is 26.3 Å². The summed E-state index contributed by atoms with van der Waals surface area (Å²) in [5.41, 5.74) is 1.06. The molecule has 3 aliphatic heterocycles. The van der Waals surface area contributed by atoms with Crippen molar-refractivity contribution >= 4 is 28.3 Å². The second-order valence-electron chi connectivity index (χ2n) is 10.7. The summed E-state index contributed by atoms with van der Waals surface area (Å²) >= 11 is 0. The Labute approximate surface area is 230 Å². The van der Waals surface area contributed by atoms with Crippen molar-refractivity contribution in [2.24, 2.45) is 5.92 Å². The van der Waals surface area contributed by atoms with Gasteiger partial charge >= 0.3 is 0 Å². The van der Waals surface area contributed by atoms with E-state index < -0.39 is 23.8 Å². The standard InChI is InChI=1S/C29H32F3N5O3/c1-16(20-4-3-5-21(26(20)30)27(31)32)33-28-22-12-24-25(13-23(22)34-17(2)35-28)40-11-7-19-14-36(8-9-37(19)24)29(38)18-6-10-39-15-18/h3-5,12-13,16,18-19,27H,6-11,14-15H2,1-2H3,(H,33,34,35)/t16-,18-,19+/m1/s1. The van der Waals surface area contributed by atoms with Crippen molar-refractivity contribution < 1.29 is 27.4 Å². The van der Waals surface area contributed by atoms with E-state index in [0.29, 0.717) is 67.7 Å². The molecule has 0 spiro atoms. The predicted octanol–water partition coefficient (Wildman–Crippen LogP) is 5.02. The Morgan fingerprint density at radius 1 is 1.12 bits per heavy atom. The third-order valence-electron chi connectivity index (χ3n) is 8.09. The maximum absolute atomic E-state index is 14.9. The minimum absolute atomic E-state index is 0.0629. The number of carbonyl (C=O) groups is 1. The number of amides is 1. The van der Waals surface area contributed by atoms with Gasteiger partial charge in [0.15, 0.2) is 0 Å². The molecule has 2 aromatic carbocycles. The van der Waals surface area contributed by atoms with Crippen molar-refractivity contribution in [2.45, 2.75) is 45.2 Å². The van der Waals surface area contributed by atoms with Crippen LogP contribution in [-0.4, -0.2) is 66.3 Å². The van der Waals surface area contributed by atoms with Gasteiger partial charge in [0.25, 0.3) is 6.43 Å². The lowest BCUT2D eigenvalue weighted by atomic mass is 10.0. The van der Waals surface area contributed by atoms with Crippen LogP contribution in [0.1, 0.15) is 49.2 Å². The van der Waals surface area contributed by atoms with Crippen LogP contribution in [0.2, 0.25) is 0 Å². The molecule has 3 atom stereocenters. The molecule has 6 rings (SSSR count). The highest BCUT2D eigenvalue weighted by molar-refractivity contribution is 5.94. The van der Waals surface area contributed by atoms with Crippen LogP contribution in [0.3, 0.4) is 0 Å². The van der Waals surface area contributed by atoms with Crippen molar-refractivity contribution in [3.63, 3.8) is 0 Å². The molecule has 1 N–H and O–H groups in total. The first-order valence-electron chi connectivity index (χ1n) is 13.7. The average Bonchev–Trinajstić information content (AvgIpc) is 3.41. The number of carbonyl (C=O) groups excluding carboxylic acids is 1. The van der Waals surface area contributed by atoms with Crippen LogP contribution in [-0.2, 0) is 9.53 Å². The minimum atomic E-state index is -2.90. The van der Waals surface area contributed by atoms with Crippen LogP contribution in [0.5, 0.6) is 5.75 Å². The number of ether oxygens (including phenoxy) is 2. The fraction of sp³-hybridized carbons (Fsp3) is 0.483. The second kappa shape index (κ2) is 10.8. The molecule has 3 aromatic rings. The quantitative estimate of drug-likeness (QED) is 0.474. The summed E-state index contributed by atoms with van der Waals surface area (Å²) < 4.78 is 53.1. The number of hydrogen-bond acceptors (Lipinski definition) is 7. The molecular weight excluding hydrogens is 523 g/mol. The summed E-state index contributed by atoms with van der Waals surface area (Å²) in [6, 6.07) is 7.36. The Kier molecular flexibility index (Phi) is 7.16. The van der Waals surface area contributed by atoms with Gasteiger partial charge in [0.2, 0.25) is 5.91 Å². The summed E-state index contributed by atoms with van der Waals surface area (Å²) in [5, 5.41) is 3.95. The van der Waals surface area contributed by atoms with Crippen molar-refractivity contribution in [3.05, 3.63) is 53.1 Å². The minimum Gasteiger partial charge on any atom is -0.491 e. The molecule has 3 aliphatic rings. The van der Waals surface area contributed by atoms with E-state index in [4.69, 9.17) is 9.47 Å². The molecular formula is C29H32F3N5O3. The maximum atomic E-state index is 14.9. The number of aromatic nitrogens is 2. The van der Waals surface area contributed by atoms with E-state index >= 15 is 0 Å². The third kappa shape index (κ3) is 4.91. The topological polar surface area (TPSA) is 79.8 Å². The van der Waals surface area contributed by atoms with E-state index in [2.05, 4.69) is 20.2 Å². The van der Waals surface area contributed by atoms with Crippen molar-refractivity contribution in [3.8, 4) is 5.75 Å². The molecule has 8 nitrogen and oxygen atoms in total. The summed E-state index contributed by atoms with van der Waals surface area (Å²) in [7, 11) is 0. The Bertz CT molecular complexity index is 1430. The first kappa shape index (κ1) is 26.6. The van der Waals surface area contributed by atoms with Gasteiger partial charge in [0, 0.05) is 49.7 Å². The number of benzene rings is 2.